The third-order valence-electron chi connectivity index (χ3n) is 9.45. The molecule has 0 spiro atoms. The van der Waals surface area contributed by atoms with Crippen LogP contribution in [0.25, 0.3) is 0 Å². The summed E-state index contributed by atoms with van der Waals surface area (Å²) >= 11 is 0. The molecule has 0 aromatic heterocycles. The van der Waals surface area contributed by atoms with E-state index < -0.39 is 14.4 Å². The van der Waals surface area contributed by atoms with Gasteiger partial charge in [0.05, 0.1) is 6.61 Å². The fourth-order valence-electron chi connectivity index (χ4n) is 5.11. The number of carbonyl (C=O) groups excluding carboxylic acids is 2. The average Bonchev–Trinajstić information content (AvgIpc) is 3.02. The first-order valence-electron chi connectivity index (χ1n) is 19.8. The second-order valence-electron chi connectivity index (χ2n) is 15.1. The molecule has 0 bridgehead atoms. The molecule has 5 nitrogen and oxygen atoms in total. The SMILES string of the molecule is CCCCCC/C=C\CCCCCCCC(=O)OCC(CO[Si](C)(C)C(C)(C)C)OC(=O)CCCCCCC/C=C\CCCCCC. The van der Waals surface area contributed by atoms with Crippen LogP contribution < -0.4 is 0 Å². The Kier molecular flexibility index (Phi) is 29.7. The monoisotopic (exact) mass is 679 g/mol. The van der Waals surface area contributed by atoms with Gasteiger partial charge >= 0.3 is 11.9 Å². The zero-order valence-electron chi connectivity index (χ0n) is 32.3. The maximum absolute atomic E-state index is 12.7. The molecule has 47 heavy (non-hydrogen) atoms. The van der Waals surface area contributed by atoms with Crippen molar-refractivity contribution >= 4 is 20.3 Å². The molecule has 0 N–H and O–H groups in total. The van der Waals surface area contributed by atoms with Crippen molar-refractivity contribution < 1.29 is 23.5 Å². The van der Waals surface area contributed by atoms with Crippen LogP contribution in [0.3, 0.4) is 0 Å². The Balaban J connectivity index is 4.30. The van der Waals surface area contributed by atoms with Crippen molar-refractivity contribution in [2.75, 3.05) is 13.2 Å². The molecule has 0 amide bonds. The summed E-state index contributed by atoms with van der Waals surface area (Å²) in [7, 11) is -2.03. The van der Waals surface area contributed by atoms with Crippen LogP contribution in [-0.4, -0.2) is 39.6 Å². The molecule has 276 valence electrons. The molecule has 0 aromatic rings. The minimum atomic E-state index is -2.03. The summed E-state index contributed by atoms with van der Waals surface area (Å²) < 4.78 is 17.7. The number of hydrogen-bond donors (Lipinski definition) is 0. The van der Waals surface area contributed by atoms with Crippen LogP contribution >= 0.6 is 0 Å². The number of rotatable bonds is 32. The van der Waals surface area contributed by atoms with Gasteiger partial charge < -0.3 is 13.9 Å². The Bertz CT molecular complexity index is 798. The van der Waals surface area contributed by atoms with E-state index in [4.69, 9.17) is 13.9 Å². The molecule has 0 aromatic carbocycles. The van der Waals surface area contributed by atoms with Crippen molar-refractivity contribution in [2.45, 2.75) is 213 Å². The first-order valence-corrected chi connectivity index (χ1v) is 22.7. The molecule has 0 saturated carbocycles. The maximum Gasteiger partial charge on any atom is 0.306 e. The largest absolute Gasteiger partial charge is 0.462 e. The number of hydrogen-bond acceptors (Lipinski definition) is 5. The molecule has 0 rings (SSSR count). The van der Waals surface area contributed by atoms with Gasteiger partial charge in [-0.05, 0) is 82.3 Å². The fourth-order valence-corrected chi connectivity index (χ4v) is 6.15. The van der Waals surface area contributed by atoms with Gasteiger partial charge in [-0.3, -0.25) is 9.59 Å². The van der Waals surface area contributed by atoms with Gasteiger partial charge in [0.15, 0.2) is 14.4 Å². The van der Waals surface area contributed by atoms with E-state index in [0.717, 1.165) is 51.4 Å². The summed E-state index contributed by atoms with van der Waals surface area (Å²) in [6, 6.07) is 0. The highest BCUT2D eigenvalue weighted by atomic mass is 28.4. The van der Waals surface area contributed by atoms with E-state index in [9.17, 15) is 9.59 Å². The highest BCUT2D eigenvalue weighted by Gasteiger charge is 2.38. The van der Waals surface area contributed by atoms with Crippen molar-refractivity contribution in [3.63, 3.8) is 0 Å². The summed E-state index contributed by atoms with van der Waals surface area (Å²) in [5, 5.41) is 0.0488. The predicted molar refractivity (Wildman–Crippen MR) is 204 cm³/mol. The third kappa shape index (κ3) is 29.3. The molecule has 0 aliphatic carbocycles. The first-order chi connectivity index (χ1) is 22.5. The normalized spacial score (nSPS) is 13.1. The van der Waals surface area contributed by atoms with Crippen molar-refractivity contribution in [2.24, 2.45) is 0 Å². The molecular formula is C41H78O5Si. The van der Waals surface area contributed by atoms with E-state index in [2.05, 4.69) is 72.0 Å². The lowest BCUT2D eigenvalue weighted by molar-refractivity contribution is -0.161. The van der Waals surface area contributed by atoms with Gasteiger partial charge in [-0.15, -0.1) is 0 Å². The van der Waals surface area contributed by atoms with E-state index >= 15 is 0 Å². The molecule has 0 heterocycles. The molecule has 0 saturated heterocycles. The maximum atomic E-state index is 12.7. The summed E-state index contributed by atoms with van der Waals surface area (Å²) in [6.07, 6.45) is 35.8. The zero-order chi connectivity index (χ0) is 35.1. The first kappa shape index (κ1) is 45.6. The highest BCUT2D eigenvalue weighted by molar-refractivity contribution is 6.74. The average molecular weight is 679 g/mol. The van der Waals surface area contributed by atoms with Crippen molar-refractivity contribution in [1.29, 1.82) is 0 Å². The third-order valence-corrected chi connectivity index (χ3v) is 14.0. The summed E-state index contributed by atoms with van der Waals surface area (Å²) in [5.41, 5.74) is 0. The van der Waals surface area contributed by atoms with Crippen LogP contribution in [0.5, 0.6) is 0 Å². The van der Waals surface area contributed by atoms with E-state index in [1.165, 1.54) is 89.9 Å². The van der Waals surface area contributed by atoms with Crippen LogP contribution in [0.4, 0.5) is 0 Å². The number of unbranched alkanes of at least 4 members (excludes halogenated alkanes) is 18. The number of ether oxygens (including phenoxy) is 2. The van der Waals surface area contributed by atoms with Gasteiger partial charge in [-0.1, -0.05) is 136 Å². The van der Waals surface area contributed by atoms with Gasteiger partial charge in [0.2, 0.25) is 0 Å². The minimum absolute atomic E-state index is 0.0488. The van der Waals surface area contributed by atoms with Crippen LogP contribution in [-0.2, 0) is 23.5 Å². The smallest absolute Gasteiger partial charge is 0.306 e. The van der Waals surface area contributed by atoms with Gasteiger partial charge in [-0.2, -0.15) is 0 Å². The molecule has 0 aliphatic rings. The van der Waals surface area contributed by atoms with Gasteiger partial charge in [0.25, 0.3) is 0 Å². The second-order valence-corrected chi connectivity index (χ2v) is 19.9. The van der Waals surface area contributed by atoms with Gasteiger partial charge in [0, 0.05) is 12.8 Å². The van der Waals surface area contributed by atoms with Crippen molar-refractivity contribution in [3.05, 3.63) is 24.3 Å². The number of esters is 2. The molecule has 6 heteroatoms. The van der Waals surface area contributed by atoms with E-state index in [1.54, 1.807) is 0 Å². The summed E-state index contributed by atoms with van der Waals surface area (Å²) in [6.45, 7) is 15.8. The quantitative estimate of drug-likeness (QED) is 0.0307. The molecule has 0 radical (unpaired) electrons. The Labute approximate surface area is 293 Å². The molecular weight excluding hydrogens is 601 g/mol. The molecule has 1 atom stereocenters. The highest BCUT2D eigenvalue weighted by Crippen LogP contribution is 2.36. The Morgan fingerprint density at radius 3 is 1.36 bits per heavy atom. The molecule has 1 unspecified atom stereocenters. The van der Waals surface area contributed by atoms with Crippen LogP contribution in [0.1, 0.15) is 189 Å². The molecule has 0 aliphatic heterocycles. The number of allylic oxidation sites excluding steroid dienone is 4. The van der Waals surface area contributed by atoms with Gasteiger partial charge in [-0.25, -0.2) is 0 Å². The Hall–Kier alpha value is -1.40. The fraction of sp³-hybridized carbons (Fsp3) is 0.854. The van der Waals surface area contributed by atoms with Crippen molar-refractivity contribution in [1.82, 2.24) is 0 Å². The number of carbonyl (C=O) groups is 2. The lowest BCUT2D eigenvalue weighted by Gasteiger charge is -2.37. The lowest BCUT2D eigenvalue weighted by atomic mass is 10.1. The van der Waals surface area contributed by atoms with E-state index in [-0.39, 0.29) is 30.2 Å². The second kappa shape index (κ2) is 30.6. The van der Waals surface area contributed by atoms with Crippen LogP contribution in [0.2, 0.25) is 18.1 Å². The lowest BCUT2D eigenvalue weighted by Crippen LogP contribution is -2.44. The topological polar surface area (TPSA) is 61.8 Å². The Morgan fingerprint density at radius 1 is 0.553 bits per heavy atom. The minimum Gasteiger partial charge on any atom is -0.462 e. The summed E-state index contributed by atoms with van der Waals surface area (Å²) in [5.74, 6) is -0.432. The summed E-state index contributed by atoms with van der Waals surface area (Å²) in [4.78, 5) is 25.2. The predicted octanol–water partition coefficient (Wildman–Crippen LogP) is 13.0. The van der Waals surface area contributed by atoms with E-state index in [1.807, 2.05) is 0 Å². The Morgan fingerprint density at radius 2 is 0.936 bits per heavy atom. The van der Waals surface area contributed by atoms with Gasteiger partial charge in [0.1, 0.15) is 6.61 Å². The zero-order valence-corrected chi connectivity index (χ0v) is 33.3. The molecule has 0 fully saturated rings. The van der Waals surface area contributed by atoms with Crippen LogP contribution in [0.15, 0.2) is 24.3 Å². The van der Waals surface area contributed by atoms with Crippen LogP contribution in [0, 0.1) is 0 Å². The standard InChI is InChI=1S/C41H78O5Si/c1-8-10-12-14-16-18-20-22-24-26-28-30-32-34-39(42)44-36-38(37-45-47(6,7)41(3,4)5)46-40(43)35-33-31-29-27-25-23-21-19-17-15-13-11-9-2/h18-21,38H,8-17,22-37H2,1-7H3/b20-18-,21-19-. The van der Waals surface area contributed by atoms with Crippen molar-refractivity contribution in [3.8, 4) is 0 Å². The van der Waals surface area contributed by atoms with E-state index in [0.29, 0.717) is 12.8 Å².